The normalized spacial score (nSPS) is 12.2. The number of nitrogens with zero attached hydrogens (tertiary/aromatic N) is 4. The van der Waals surface area contributed by atoms with Crippen LogP contribution >= 0.6 is 0 Å². The highest BCUT2D eigenvalue weighted by Crippen LogP contribution is 2.39. The lowest BCUT2D eigenvalue weighted by Crippen LogP contribution is -2.06. The van der Waals surface area contributed by atoms with E-state index in [1.807, 2.05) is 18.3 Å². The molecule has 1 atom stereocenters. The minimum Gasteiger partial charge on any atom is -0.457 e. The van der Waals surface area contributed by atoms with Crippen LogP contribution in [0.3, 0.4) is 0 Å². The van der Waals surface area contributed by atoms with Gasteiger partial charge in [-0.15, -0.1) is 0 Å². The topological polar surface area (TPSA) is 44.9 Å². The Morgan fingerprint density at radius 2 is 1.49 bits per heavy atom. The van der Waals surface area contributed by atoms with Crippen molar-refractivity contribution >= 4 is 21.8 Å². The molecule has 0 aliphatic rings. The summed E-state index contributed by atoms with van der Waals surface area (Å²) in [6.45, 7) is 13.4. The van der Waals surface area contributed by atoms with E-state index in [0.717, 1.165) is 66.1 Å². The standard InChI is InChI=1S/C44H46N4O/c1-7-14-39-43(33-25-31(9-3)24-32(10-4)26-33)44(30(6)8-2)48(46-39)34-15-13-16-35(27-34)49-36-19-20-38-37-17-11-12-18-40(37)47(41(38)28-36)42-23-29(5)21-22-45-42/h11-13,15-28,30H,7-10,14H2,1-6H3. The first kappa shape index (κ1) is 32.4. The van der Waals surface area contributed by atoms with Crippen LogP contribution in [0.4, 0.5) is 0 Å². The molecule has 0 saturated carbocycles. The van der Waals surface area contributed by atoms with Crippen molar-refractivity contribution < 1.29 is 4.74 Å². The minimum atomic E-state index is 0.326. The van der Waals surface area contributed by atoms with E-state index in [9.17, 15) is 0 Å². The molecule has 248 valence electrons. The molecule has 1 unspecified atom stereocenters. The Labute approximate surface area is 290 Å². The van der Waals surface area contributed by atoms with Crippen LogP contribution in [0.5, 0.6) is 11.5 Å². The summed E-state index contributed by atoms with van der Waals surface area (Å²) in [5.74, 6) is 2.78. The van der Waals surface area contributed by atoms with Crippen LogP contribution in [0.25, 0.3) is 44.4 Å². The van der Waals surface area contributed by atoms with Crippen LogP contribution in [-0.2, 0) is 19.3 Å². The molecule has 0 radical (unpaired) electrons. The molecule has 0 bridgehead atoms. The summed E-state index contributed by atoms with van der Waals surface area (Å²) in [5, 5.41) is 7.71. The molecule has 5 nitrogen and oxygen atoms in total. The van der Waals surface area contributed by atoms with E-state index in [0.29, 0.717) is 5.92 Å². The van der Waals surface area contributed by atoms with Crippen molar-refractivity contribution in [3.05, 3.63) is 131 Å². The zero-order valence-electron chi connectivity index (χ0n) is 29.6. The molecular weight excluding hydrogens is 601 g/mol. The van der Waals surface area contributed by atoms with Crippen LogP contribution in [0.2, 0.25) is 0 Å². The first-order valence-electron chi connectivity index (χ1n) is 17.9. The Bertz CT molecular complexity index is 2250. The predicted molar refractivity (Wildman–Crippen MR) is 204 cm³/mol. The number of aryl methyl sites for hydroxylation is 4. The van der Waals surface area contributed by atoms with Crippen molar-refractivity contribution in [1.29, 1.82) is 0 Å². The van der Waals surface area contributed by atoms with Crippen LogP contribution in [0, 0.1) is 6.92 Å². The van der Waals surface area contributed by atoms with Crippen molar-refractivity contribution in [3.8, 4) is 34.1 Å². The van der Waals surface area contributed by atoms with Crippen molar-refractivity contribution in [2.45, 2.75) is 79.6 Å². The number of aromatic nitrogens is 4. The molecule has 3 aromatic heterocycles. The summed E-state index contributed by atoms with van der Waals surface area (Å²) in [6, 6.07) is 34.5. The van der Waals surface area contributed by atoms with E-state index >= 15 is 0 Å². The number of para-hydroxylation sites is 1. The van der Waals surface area contributed by atoms with Crippen molar-refractivity contribution in [3.63, 3.8) is 0 Å². The third-order valence-electron chi connectivity index (χ3n) is 9.79. The SMILES string of the molecule is CCCc1nn(-c2cccc(Oc3ccc4c5ccccc5n(-c5cc(C)ccn5)c4c3)c2)c(C(C)CC)c1-c1cc(CC)cc(CC)c1. The first-order valence-corrected chi connectivity index (χ1v) is 17.9. The number of pyridine rings is 1. The Morgan fingerprint density at radius 3 is 2.22 bits per heavy atom. The fraction of sp³-hybridized carbons (Fsp3) is 0.273. The van der Waals surface area contributed by atoms with Crippen LogP contribution < -0.4 is 4.74 Å². The van der Waals surface area contributed by atoms with Crippen LogP contribution in [0.1, 0.15) is 81.5 Å². The second-order valence-electron chi connectivity index (χ2n) is 13.2. The van der Waals surface area contributed by atoms with E-state index < -0.39 is 0 Å². The van der Waals surface area contributed by atoms with Gasteiger partial charge >= 0.3 is 0 Å². The molecule has 0 amide bonds. The molecule has 0 fully saturated rings. The lowest BCUT2D eigenvalue weighted by molar-refractivity contribution is 0.482. The van der Waals surface area contributed by atoms with Gasteiger partial charge < -0.3 is 4.74 Å². The zero-order chi connectivity index (χ0) is 34.1. The van der Waals surface area contributed by atoms with Gasteiger partial charge in [-0.2, -0.15) is 5.10 Å². The molecule has 7 aromatic rings. The van der Waals surface area contributed by atoms with E-state index in [-0.39, 0.29) is 0 Å². The fourth-order valence-electron chi connectivity index (χ4n) is 7.08. The Hall–Kier alpha value is -5.16. The first-order chi connectivity index (χ1) is 23.9. The van der Waals surface area contributed by atoms with Gasteiger partial charge in [0.1, 0.15) is 17.3 Å². The van der Waals surface area contributed by atoms with Crippen molar-refractivity contribution in [1.82, 2.24) is 19.3 Å². The quantitative estimate of drug-likeness (QED) is 0.140. The van der Waals surface area contributed by atoms with Gasteiger partial charge in [0.15, 0.2) is 0 Å². The zero-order valence-corrected chi connectivity index (χ0v) is 29.6. The van der Waals surface area contributed by atoms with Crippen LogP contribution in [0.15, 0.2) is 103 Å². The summed E-state index contributed by atoms with van der Waals surface area (Å²) < 4.78 is 11.1. The number of fused-ring (bicyclic) bond motifs is 3. The van der Waals surface area contributed by atoms with Gasteiger partial charge in [0.2, 0.25) is 0 Å². The van der Waals surface area contributed by atoms with Crippen LogP contribution in [-0.4, -0.2) is 19.3 Å². The van der Waals surface area contributed by atoms with Gasteiger partial charge in [0.25, 0.3) is 0 Å². The van der Waals surface area contributed by atoms with Gasteiger partial charge in [0.05, 0.1) is 28.1 Å². The molecule has 49 heavy (non-hydrogen) atoms. The molecule has 0 aliphatic heterocycles. The third kappa shape index (κ3) is 6.14. The highest BCUT2D eigenvalue weighted by molar-refractivity contribution is 6.09. The maximum Gasteiger partial charge on any atom is 0.137 e. The average molecular weight is 647 g/mol. The smallest absolute Gasteiger partial charge is 0.137 e. The number of rotatable bonds is 11. The summed E-state index contributed by atoms with van der Waals surface area (Å²) in [5.41, 5.74) is 12.2. The monoisotopic (exact) mass is 646 g/mol. The maximum atomic E-state index is 6.64. The Kier molecular flexibility index (Phi) is 9.09. The predicted octanol–water partition coefficient (Wildman–Crippen LogP) is 11.7. The second kappa shape index (κ2) is 13.8. The number of benzene rings is 4. The molecular formula is C44H46N4O. The van der Waals surface area contributed by atoms with Gasteiger partial charge in [0, 0.05) is 34.7 Å². The highest BCUT2D eigenvalue weighted by Gasteiger charge is 2.24. The maximum absolute atomic E-state index is 6.64. The summed E-state index contributed by atoms with van der Waals surface area (Å²) in [6.07, 6.45) is 6.91. The molecule has 0 aliphatic carbocycles. The largest absolute Gasteiger partial charge is 0.457 e. The van der Waals surface area contributed by atoms with Gasteiger partial charge in [-0.3, -0.25) is 4.57 Å². The lowest BCUT2D eigenvalue weighted by Gasteiger charge is -2.17. The van der Waals surface area contributed by atoms with E-state index in [2.05, 4.69) is 136 Å². The highest BCUT2D eigenvalue weighted by atomic mass is 16.5. The Balaban J connectivity index is 1.33. The number of hydrogen-bond acceptors (Lipinski definition) is 3. The third-order valence-corrected chi connectivity index (χ3v) is 9.79. The molecule has 4 aromatic carbocycles. The fourth-order valence-corrected chi connectivity index (χ4v) is 7.08. The summed E-state index contributed by atoms with van der Waals surface area (Å²) >= 11 is 0. The second-order valence-corrected chi connectivity index (χ2v) is 13.2. The summed E-state index contributed by atoms with van der Waals surface area (Å²) in [7, 11) is 0. The van der Waals surface area contributed by atoms with E-state index in [4.69, 9.17) is 14.8 Å². The molecule has 3 heterocycles. The van der Waals surface area contributed by atoms with Crippen molar-refractivity contribution in [2.24, 2.45) is 0 Å². The van der Waals surface area contributed by atoms with E-state index in [1.165, 1.54) is 50.0 Å². The minimum absolute atomic E-state index is 0.326. The lowest BCUT2D eigenvalue weighted by atomic mass is 9.90. The molecule has 5 heteroatoms. The van der Waals surface area contributed by atoms with Gasteiger partial charge in [-0.25, -0.2) is 9.67 Å². The van der Waals surface area contributed by atoms with Gasteiger partial charge in [-0.05, 0) is 103 Å². The molecule has 0 spiro atoms. The number of ether oxygens (including phenoxy) is 1. The average Bonchev–Trinajstić information content (AvgIpc) is 3.67. The number of hydrogen-bond donors (Lipinski definition) is 0. The molecule has 7 rings (SSSR count). The molecule has 0 N–H and O–H groups in total. The van der Waals surface area contributed by atoms with Crippen molar-refractivity contribution in [2.75, 3.05) is 0 Å². The van der Waals surface area contributed by atoms with Gasteiger partial charge in [-0.1, -0.05) is 83.5 Å². The van der Waals surface area contributed by atoms with E-state index in [1.54, 1.807) is 0 Å². The molecule has 0 saturated heterocycles. The Morgan fingerprint density at radius 1 is 0.735 bits per heavy atom. The summed E-state index contributed by atoms with van der Waals surface area (Å²) in [4.78, 5) is 4.75.